The van der Waals surface area contributed by atoms with Crippen molar-refractivity contribution in [2.45, 2.75) is 32.1 Å². The Hall–Kier alpha value is -1.57. The highest BCUT2D eigenvalue weighted by Gasteiger charge is 2.12. The van der Waals surface area contributed by atoms with Crippen LogP contribution in [0, 0.1) is 0 Å². The van der Waals surface area contributed by atoms with Gasteiger partial charge in [0.1, 0.15) is 0 Å². The number of rotatable bonds is 2. The summed E-state index contributed by atoms with van der Waals surface area (Å²) in [5.41, 5.74) is 1.98. The predicted octanol–water partition coefficient (Wildman–Crippen LogP) is 3.52. The molecule has 1 aromatic rings. The van der Waals surface area contributed by atoms with E-state index in [2.05, 4.69) is 5.32 Å². The summed E-state index contributed by atoms with van der Waals surface area (Å²) < 4.78 is 0. The van der Waals surface area contributed by atoms with Crippen molar-refractivity contribution in [3.05, 3.63) is 42.1 Å². The van der Waals surface area contributed by atoms with Crippen molar-refractivity contribution in [1.29, 1.82) is 0 Å². The van der Waals surface area contributed by atoms with Crippen molar-refractivity contribution in [1.82, 2.24) is 0 Å². The number of para-hydroxylation sites is 1. The maximum atomic E-state index is 11.7. The lowest BCUT2D eigenvalue weighted by molar-refractivity contribution is -0.115. The summed E-state index contributed by atoms with van der Waals surface area (Å²) in [5, 5.41) is 3.19. The summed E-state index contributed by atoms with van der Waals surface area (Å²) in [6.45, 7) is 0. The fraction of sp³-hybridized carbons (Fsp3) is 0.357. The maximum Gasteiger partial charge on any atom is 0.160 e. The van der Waals surface area contributed by atoms with Crippen molar-refractivity contribution >= 4 is 11.5 Å². The van der Waals surface area contributed by atoms with Crippen molar-refractivity contribution in [3.8, 4) is 0 Å². The van der Waals surface area contributed by atoms with Gasteiger partial charge in [0, 0.05) is 23.9 Å². The number of hydrogen-bond donors (Lipinski definition) is 1. The molecule has 16 heavy (non-hydrogen) atoms. The Morgan fingerprint density at radius 1 is 1.00 bits per heavy atom. The minimum Gasteiger partial charge on any atom is -0.361 e. The first-order valence-electron chi connectivity index (χ1n) is 5.90. The first-order chi connectivity index (χ1) is 7.86. The van der Waals surface area contributed by atoms with Crippen molar-refractivity contribution in [3.63, 3.8) is 0 Å². The molecule has 2 nitrogen and oxygen atoms in total. The van der Waals surface area contributed by atoms with Crippen LogP contribution in [-0.2, 0) is 4.79 Å². The van der Waals surface area contributed by atoms with Gasteiger partial charge in [-0.05, 0) is 31.4 Å². The number of hydrogen-bond acceptors (Lipinski definition) is 2. The van der Waals surface area contributed by atoms with Crippen LogP contribution in [-0.4, -0.2) is 5.78 Å². The molecule has 0 saturated heterocycles. The SMILES string of the molecule is O=C1CCCCCC1=CNc1ccccc1. The van der Waals surface area contributed by atoms with Crippen molar-refractivity contribution in [2.75, 3.05) is 5.32 Å². The van der Waals surface area contributed by atoms with E-state index >= 15 is 0 Å². The zero-order valence-electron chi connectivity index (χ0n) is 9.41. The average molecular weight is 215 g/mol. The highest BCUT2D eigenvalue weighted by molar-refractivity contribution is 5.95. The Balaban J connectivity index is 2.03. The van der Waals surface area contributed by atoms with Crippen LogP contribution in [0.3, 0.4) is 0 Å². The summed E-state index contributed by atoms with van der Waals surface area (Å²) in [7, 11) is 0. The molecule has 1 aromatic carbocycles. The second-order valence-electron chi connectivity index (χ2n) is 4.16. The largest absolute Gasteiger partial charge is 0.361 e. The number of carbonyl (C=O) groups excluding carboxylic acids is 1. The van der Waals surface area contributed by atoms with Gasteiger partial charge in [-0.3, -0.25) is 4.79 Å². The van der Waals surface area contributed by atoms with Gasteiger partial charge >= 0.3 is 0 Å². The van der Waals surface area contributed by atoms with Crippen molar-refractivity contribution < 1.29 is 4.79 Å². The zero-order chi connectivity index (χ0) is 11.2. The Morgan fingerprint density at radius 3 is 2.56 bits per heavy atom. The van der Waals surface area contributed by atoms with Crippen LogP contribution in [0.5, 0.6) is 0 Å². The monoisotopic (exact) mass is 215 g/mol. The summed E-state index contributed by atoms with van der Waals surface area (Å²) >= 11 is 0. The number of allylic oxidation sites excluding steroid dienone is 1. The number of Topliss-reactive ketones (excluding diaryl/α,β-unsaturated/α-hetero) is 1. The molecular weight excluding hydrogens is 198 g/mol. The van der Waals surface area contributed by atoms with Crippen LogP contribution < -0.4 is 5.32 Å². The van der Waals surface area contributed by atoms with E-state index in [1.807, 2.05) is 36.5 Å². The van der Waals surface area contributed by atoms with Gasteiger partial charge in [0.2, 0.25) is 0 Å². The molecule has 1 saturated carbocycles. The first-order valence-corrected chi connectivity index (χ1v) is 5.90. The molecule has 1 fully saturated rings. The molecule has 0 amide bonds. The minimum atomic E-state index is 0.306. The topological polar surface area (TPSA) is 29.1 Å². The van der Waals surface area contributed by atoms with E-state index in [-0.39, 0.29) is 0 Å². The van der Waals surface area contributed by atoms with Gasteiger partial charge in [-0.2, -0.15) is 0 Å². The van der Waals surface area contributed by atoms with Gasteiger partial charge in [-0.1, -0.05) is 24.6 Å². The summed E-state index contributed by atoms with van der Waals surface area (Å²) in [4.78, 5) is 11.7. The third-order valence-corrected chi connectivity index (χ3v) is 2.89. The summed E-state index contributed by atoms with van der Waals surface area (Å²) in [6, 6.07) is 9.94. The molecule has 1 aliphatic carbocycles. The van der Waals surface area contributed by atoms with E-state index in [0.29, 0.717) is 12.2 Å². The Bertz CT molecular complexity index is 381. The van der Waals surface area contributed by atoms with E-state index in [9.17, 15) is 4.79 Å². The third kappa shape index (κ3) is 2.96. The average Bonchev–Trinajstić information content (AvgIpc) is 2.53. The van der Waals surface area contributed by atoms with Crippen LogP contribution in [0.25, 0.3) is 0 Å². The number of carbonyl (C=O) groups is 1. The van der Waals surface area contributed by atoms with E-state index < -0.39 is 0 Å². The smallest absolute Gasteiger partial charge is 0.160 e. The summed E-state index contributed by atoms with van der Waals surface area (Å²) in [6.07, 6.45) is 6.86. The van der Waals surface area contributed by atoms with E-state index in [4.69, 9.17) is 0 Å². The fourth-order valence-electron chi connectivity index (χ4n) is 1.94. The molecule has 0 aliphatic heterocycles. The maximum absolute atomic E-state index is 11.7. The second-order valence-corrected chi connectivity index (χ2v) is 4.16. The number of benzene rings is 1. The lowest BCUT2D eigenvalue weighted by Crippen LogP contribution is -2.02. The Morgan fingerprint density at radius 2 is 1.75 bits per heavy atom. The van der Waals surface area contributed by atoms with Crippen LogP contribution in [0.2, 0.25) is 0 Å². The molecule has 0 aromatic heterocycles. The first kappa shape index (κ1) is 10.9. The normalized spacial score (nSPS) is 19.5. The molecule has 2 heteroatoms. The number of nitrogens with one attached hydrogen (secondary N) is 1. The van der Waals surface area contributed by atoms with Crippen molar-refractivity contribution in [2.24, 2.45) is 0 Å². The minimum absolute atomic E-state index is 0.306. The van der Waals surface area contributed by atoms with Gasteiger partial charge in [0.25, 0.3) is 0 Å². The molecule has 84 valence electrons. The molecule has 0 spiro atoms. The Labute approximate surface area is 96.4 Å². The molecule has 1 N–H and O–H groups in total. The van der Waals surface area contributed by atoms with Crippen LogP contribution in [0.1, 0.15) is 32.1 Å². The lowest BCUT2D eigenvalue weighted by atomic mass is 10.1. The van der Waals surface area contributed by atoms with Crippen LogP contribution in [0.15, 0.2) is 42.1 Å². The van der Waals surface area contributed by atoms with Crippen LogP contribution >= 0.6 is 0 Å². The molecule has 1 aliphatic rings. The van der Waals surface area contributed by atoms with Gasteiger partial charge in [-0.25, -0.2) is 0 Å². The number of anilines is 1. The standard InChI is InChI=1S/C14H17NO/c16-14-10-6-1-3-7-12(14)11-15-13-8-4-2-5-9-13/h2,4-5,8-9,11,15H,1,3,6-7,10H2. The lowest BCUT2D eigenvalue weighted by Gasteiger charge is -2.04. The summed E-state index contributed by atoms with van der Waals surface area (Å²) in [5.74, 6) is 0.306. The highest BCUT2D eigenvalue weighted by atomic mass is 16.1. The van der Waals surface area contributed by atoms with Gasteiger partial charge in [0.05, 0.1) is 0 Å². The molecule has 0 heterocycles. The van der Waals surface area contributed by atoms with E-state index in [1.54, 1.807) is 0 Å². The fourth-order valence-corrected chi connectivity index (χ4v) is 1.94. The van der Waals surface area contributed by atoms with Gasteiger partial charge in [-0.15, -0.1) is 0 Å². The van der Waals surface area contributed by atoms with Gasteiger partial charge in [0.15, 0.2) is 5.78 Å². The van der Waals surface area contributed by atoms with Crippen LogP contribution in [0.4, 0.5) is 5.69 Å². The highest BCUT2D eigenvalue weighted by Crippen LogP contribution is 2.19. The third-order valence-electron chi connectivity index (χ3n) is 2.89. The molecule has 0 radical (unpaired) electrons. The Kier molecular flexibility index (Phi) is 3.76. The second kappa shape index (κ2) is 5.50. The van der Waals surface area contributed by atoms with E-state index in [1.165, 1.54) is 6.42 Å². The molecular formula is C14H17NO. The molecule has 0 unspecified atom stereocenters. The van der Waals surface area contributed by atoms with Gasteiger partial charge < -0.3 is 5.32 Å². The molecule has 2 rings (SSSR count). The predicted molar refractivity (Wildman–Crippen MR) is 66.2 cm³/mol. The molecule has 0 bridgehead atoms. The molecule has 0 atom stereocenters. The van der Waals surface area contributed by atoms with E-state index in [0.717, 1.165) is 30.5 Å². The quantitative estimate of drug-likeness (QED) is 0.604. The zero-order valence-corrected chi connectivity index (χ0v) is 9.41. The number of ketones is 1.